The molecule has 5 nitrogen and oxygen atoms in total. The maximum Gasteiger partial charge on any atom is 0.252 e. The first-order chi connectivity index (χ1) is 8.66. The van der Waals surface area contributed by atoms with Gasteiger partial charge in [-0.15, -0.1) is 0 Å². The van der Waals surface area contributed by atoms with Crippen molar-refractivity contribution < 1.29 is 4.79 Å². The summed E-state index contributed by atoms with van der Waals surface area (Å²) in [5, 5.41) is 6.72. The summed E-state index contributed by atoms with van der Waals surface area (Å²) in [6.45, 7) is 3.96. The molecular weight excluding hydrogens is 228 g/mol. The second kappa shape index (κ2) is 5.82. The monoisotopic (exact) mass is 248 g/mol. The van der Waals surface area contributed by atoms with Gasteiger partial charge < -0.3 is 16.4 Å². The molecule has 1 aliphatic heterocycles. The van der Waals surface area contributed by atoms with Gasteiger partial charge in [0.2, 0.25) is 0 Å². The van der Waals surface area contributed by atoms with Gasteiger partial charge in [-0.1, -0.05) is 0 Å². The molecule has 18 heavy (non-hydrogen) atoms. The molecule has 2 heterocycles. The fourth-order valence-electron chi connectivity index (χ4n) is 2.22. The summed E-state index contributed by atoms with van der Waals surface area (Å²) in [6.07, 6.45) is 3.25. The van der Waals surface area contributed by atoms with Gasteiger partial charge in [-0.2, -0.15) is 0 Å². The van der Waals surface area contributed by atoms with E-state index in [4.69, 9.17) is 5.73 Å². The first-order valence-electron chi connectivity index (χ1n) is 6.41. The van der Waals surface area contributed by atoms with Crippen molar-refractivity contribution in [1.82, 2.24) is 10.3 Å². The van der Waals surface area contributed by atoms with Gasteiger partial charge in [-0.25, -0.2) is 4.98 Å². The lowest BCUT2D eigenvalue weighted by molar-refractivity contribution is 0.100. The van der Waals surface area contributed by atoms with Crippen molar-refractivity contribution >= 4 is 11.7 Å². The van der Waals surface area contributed by atoms with Crippen molar-refractivity contribution in [1.29, 1.82) is 0 Å². The molecule has 0 spiro atoms. The summed E-state index contributed by atoms with van der Waals surface area (Å²) in [5.74, 6) is 0.186. The number of aryl methyl sites for hydroxylation is 1. The van der Waals surface area contributed by atoms with Gasteiger partial charge in [-0.3, -0.25) is 4.79 Å². The smallest absolute Gasteiger partial charge is 0.252 e. The summed E-state index contributed by atoms with van der Waals surface area (Å²) in [7, 11) is 0. The van der Waals surface area contributed by atoms with Crippen molar-refractivity contribution in [2.24, 2.45) is 5.73 Å². The second-order valence-electron chi connectivity index (χ2n) is 4.74. The van der Waals surface area contributed by atoms with E-state index < -0.39 is 5.91 Å². The van der Waals surface area contributed by atoms with Gasteiger partial charge in [0.15, 0.2) is 0 Å². The van der Waals surface area contributed by atoms with Crippen LogP contribution in [-0.4, -0.2) is 30.0 Å². The van der Waals surface area contributed by atoms with Crippen LogP contribution in [0.3, 0.4) is 0 Å². The summed E-state index contributed by atoms with van der Waals surface area (Å²) >= 11 is 0. The third kappa shape index (κ3) is 3.20. The SMILES string of the molecule is Cc1ccc(C(N)=O)c(NC2CCCNCC2)n1. The predicted octanol–water partition coefficient (Wildman–Crippen LogP) is 1.04. The van der Waals surface area contributed by atoms with Gasteiger partial charge in [0.1, 0.15) is 5.82 Å². The van der Waals surface area contributed by atoms with E-state index in [0.717, 1.165) is 38.0 Å². The third-order valence-electron chi connectivity index (χ3n) is 3.22. The number of amides is 1. The van der Waals surface area contributed by atoms with Crippen molar-refractivity contribution in [3.8, 4) is 0 Å². The highest BCUT2D eigenvalue weighted by Gasteiger charge is 2.16. The number of nitrogens with one attached hydrogen (secondary N) is 2. The molecule has 1 atom stereocenters. The van der Waals surface area contributed by atoms with Crippen LogP contribution in [0.5, 0.6) is 0 Å². The first-order valence-corrected chi connectivity index (χ1v) is 6.41. The van der Waals surface area contributed by atoms with Crippen LogP contribution in [0.15, 0.2) is 12.1 Å². The van der Waals surface area contributed by atoms with E-state index in [0.29, 0.717) is 17.4 Å². The number of primary amides is 1. The number of carbonyl (C=O) groups excluding carboxylic acids is 1. The lowest BCUT2D eigenvalue weighted by Gasteiger charge is -2.18. The number of anilines is 1. The number of hydrogen-bond acceptors (Lipinski definition) is 4. The maximum absolute atomic E-state index is 11.4. The van der Waals surface area contributed by atoms with E-state index in [1.54, 1.807) is 12.1 Å². The van der Waals surface area contributed by atoms with Crippen LogP contribution in [0.1, 0.15) is 35.3 Å². The van der Waals surface area contributed by atoms with Gasteiger partial charge >= 0.3 is 0 Å². The highest BCUT2D eigenvalue weighted by atomic mass is 16.1. The average Bonchev–Trinajstić information content (AvgIpc) is 2.57. The van der Waals surface area contributed by atoms with Crippen LogP contribution >= 0.6 is 0 Å². The van der Waals surface area contributed by atoms with E-state index in [1.165, 1.54) is 0 Å². The topological polar surface area (TPSA) is 80.0 Å². The number of hydrogen-bond donors (Lipinski definition) is 3. The van der Waals surface area contributed by atoms with Gasteiger partial charge in [0.05, 0.1) is 5.56 Å². The van der Waals surface area contributed by atoms with E-state index in [9.17, 15) is 4.79 Å². The van der Waals surface area contributed by atoms with Crippen molar-refractivity contribution in [2.45, 2.75) is 32.2 Å². The van der Waals surface area contributed by atoms with Gasteiger partial charge in [0.25, 0.3) is 5.91 Å². The molecule has 0 aliphatic carbocycles. The Balaban J connectivity index is 2.15. The Morgan fingerprint density at radius 3 is 3.06 bits per heavy atom. The first kappa shape index (κ1) is 12.8. The number of pyridine rings is 1. The lowest BCUT2D eigenvalue weighted by Crippen LogP contribution is -2.24. The molecule has 4 N–H and O–H groups in total. The molecule has 1 aliphatic rings. The van der Waals surface area contributed by atoms with Crippen molar-refractivity contribution in [3.63, 3.8) is 0 Å². The fourth-order valence-corrected chi connectivity index (χ4v) is 2.22. The number of nitrogens with zero attached hydrogens (tertiary/aromatic N) is 1. The number of carbonyl (C=O) groups is 1. The predicted molar refractivity (Wildman–Crippen MR) is 71.6 cm³/mol. The molecule has 5 heteroatoms. The largest absolute Gasteiger partial charge is 0.367 e. The van der Waals surface area contributed by atoms with Crippen molar-refractivity contribution in [3.05, 3.63) is 23.4 Å². The molecule has 1 aromatic rings. The van der Waals surface area contributed by atoms with E-state index in [1.807, 2.05) is 6.92 Å². The van der Waals surface area contributed by atoms with Crippen LogP contribution in [0, 0.1) is 6.92 Å². The average molecular weight is 248 g/mol. The zero-order chi connectivity index (χ0) is 13.0. The highest BCUT2D eigenvalue weighted by Crippen LogP contribution is 2.17. The summed E-state index contributed by atoms with van der Waals surface area (Å²) in [6, 6.07) is 3.90. The van der Waals surface area contributed by atoms with Crippen LogP contribution < -0.4 is 16.4 Å². The molecule has 1 amide bonds. The standard InChI is InChI=1S/C13H20N4O/c1-9-4-5-11(12(14)18)13(16-9)17-10-3-2-7-15-8-6-10/h4-5,10,15H,2-3,6-8H2,1H3,(H2,14,18)(H,16,17). The van der Waals surface area contributed by atoms with Gasteiger partial charge in [0, 0.05) is 11.7 Å². The summed E-state index contributed by atoms with van der Waals surface area (Å²) in [4.78, 5) is 15.8. The Bertz CT molecular complexity index is 425. The Labute approximate surface area is 107 Å². The van der Waals surface area contributed by atoms with E-state index in [2.05, 4.69) is 15.6 Å². The third-order valence-corrected chi connectivity index (χ3v) is 3.22. The molecule has 0 bridgehead atoms. The quantitative estimate of drug-likeness (QED) is 0.746. The van der Waals surface area contributed by atoms with E-state index >= 15 is 0 Å². The number of rotatable bonds is 3. The second-order valence-corrected chi connectivity index (χ2v) is 4.74. The molecule has 2 rings (SSSR count). The minimum Gasteiger partial charge on any atom is -0.367 e. The fraction of sp³-hybridized carbons (Fsp3) is 0.538. The molecule has 0 aromatic carbocycles. The molecule has 0 radical (unpaired) electrons. The molecular formula is C13H20N4O. The molecule has 1 aromatic heterocycles. The van der Waals surface area contributed by atoms with Crippen LogP contribution in [0.2, 0.25) is 0 Å². The molecule has 0 saturated carbocycles. The Hall–Kier alpha value is -1.62. The van der Waals surface area contributed by atoms with Crippen LogP contribution in [0.25, 0.3) is 0 Å². The zero-order valence-corrected chi connectivity index (χ0v) is 10.7. The van der Waals surface area contributed by atoms with Crippen molar-refractivity contribution in [2.75, 3.05) is 18.4 Å². The Morgan fingerprint density at radius 2 is 2.28 bits per heavy atom. The van der Waals surface area contributed by atoms with Gasteiger partial charge in [-0.05, 0) is 51.4 Å². The zero-order valence-electron chi connectivity index (χ0n) is 10.7. The lowest BCUT2D eigenvalue weighted by atomic mass is 10.1. The maximum atomic E-state index is 11.4. The molecule has 1 saturated heterocycles. The Morgan fingerprint density at radius 1 is 1.44 bits per heavy atom. The Kier molecular flexibility index (Phi) is 4.15. The number of nitrogens with two attached hydrogens (primary N) is 1. The molecule has 98 valence electrons. The minimum absolute atomic E-state index is 0.354. The summed E-state index contributed by atoms with van der Waals surface area (Å²) < 4.78 is 0. The normalized spacial score (nSPS) is 20.2. The molecule has 1 unspecified atom stereocenters. The highest BCUT2D eigenvalue weighted by molar-refractivity contribution is 5.97. The minimum atomic E-state index is -0.434. The summed E-state index contributed by atoms with van der Waals surface area (Å²) in [5.41, 5.74) is 6.72. The number of aromatic nitrogens is 1. The van der Waals surface area contributed by atoms with E-state index in [-0.39, 0.29) is 0 Å². The van der Waals surface area contributed by atoms with Crippen LogP contribution in [-0.2, 0) is 0 Å². The van der Waals surface area contributed by atoms with Crippen LogP contribution in [0.4, 0.5) is 5.82 Å². The molecule has 1 fully saturated rings.